The van der Waals surface area contributed by atoms with E-state index in [0.717, 1.165) is 16.1 Å². The topological polar surface area (TPSA) is 75.7 Å². The number of rotatable bonds is 6. The maximum absolute atomic E-state index is 12.4. The zero-order chi connectivity index (χ0) is 19.5. The molecular weight excluding hydrogens is 376 g/mol. The van der Waals surface area contributed by atoms with Crippen LogP contribution < -0.4 is 14.4 Å². The van der Waals surface area contributed by atoms with E-state index in [2.05, 4.69) is 5.32 Å². The summed E-state index contributed by atoms with van der Waals surface area (Å²) in [6.45, 7) is 3.27. The lowest BCUT2D eigenvalue weighted by Gasteiger charge is -2.24. The van der Waals surface area contributed by atoms with Crippen LogP contribution in [0.2, 0.25) is 5.02 Å². The minimum Gasteiger partial charge on any atom is -0.494 e. The highest BCUT2D eigenvalue weighted by Crippen LogP contribution is 2.35. The average Bonchev–Trinajstić information content (AvgIpc) is 2.54. The van der Waals surface area contributed by atoms with Gasteiger partial charge in [0.15, 0.2) is 0 Å². The van der Waals surface area contributed by atoms with Crippen LogP contribution in [0.3, 0.4) is 0 Å². The van der Waals surface area contributed by atoms with Crippen LogP contribution in [0.4, 0.5) is 11.4 Å². The number of carbonyl (C=O) groups excluding carboxylic acids is 1. The Labute approximate surface area is 158 Å². The smallest absolute Gasteiger partial charge is 0.245 e. The molecule has 0 radical (unpaired) electrons. The van der Waals surface area contributed by atoms with Crippen LogP contribution in [0, 0.1) is 13.8 Å². The Hall–Kier alpha value is -2.25. The van der Waals surface area contributed by atoms with E-state index in [-0.39, 0.29) is 18.0 Å². The predicted molar refractivity (Wildman–Crippen MR) is 105 cm³/mol. The molecule has 1 N–H and O–H groups in total. The molecule has 0 aliphatic heterocycles. The van der Waals surface area contributed by atoms with Crippen LogP contribution in [0.15, 0.2) is 36.4 Å². The number of sulfonamides is 1. The van der Waals surface area contributed by atoms with Gasteiger partial charge in [0.1, 0.15) is 12.3 Å². The predicted octanol–water partition coefficient (Wildman–Crippen LogP) is 3.37. The molecule has 0 spiro atoms. The molecule has 0 fully saturated rings. The van der Waals surface area contributed by atoms with Crippen molar-refractivity contribution in [2.75, 3.05) is 29.5 Å². The van der Waals surface area contributed by atoms with Crippen molar-refractivity contribution in [3.8, 4) is 5.75 Å². The molecule has 0 unspecified atom stereocenters. The molecule has 0 atom stereocenters. The van der Waals surface area contributed by atoms with E-state index in [1.54, 1.807) is 25.1 Å². The van der Waals surface area contributed by atoms with Crippen molar-refractivity contribution in [2.24, 2.45) is 0 Å². The number of hydrogen-bond acceptors (Lipinski definition) is 4. The Morgan fingerprint density at radius 2 is 1.92 bits per heavy atom. The lowest BCUT2D eigenvalue weighted by atomic mass is 10.2. The molecule has 2 rings (SSSR count). The number of hydrogen-bond donors (Lipinski definition) is 1. The van der Waals surface area contributed by atoms with E-state index in [1.165, 1.54) is 13.2 Å². The van der Waals surface area contributed by atoms with Gasteiger partial charge in [-0.05, 0) is 43.2 Å². The molecule has 0 saturated carbocycles. The summed E-state index contributed by atoms with van der Waals surface area (Å²) in [7, 11) is -2.31. The Morgan fingerprint density at radius 3 is 2.50 bits per heavy atom. The minimum absolute atomic E-state index is 0.260. The molecule has 2 aromatic carbocycles. The van der Waals surface area contributed by atoms with E-state index in [1.807, 2.05) is 19.1 Å². The van der Waals surface area contributed by atoms with Crippen LogP contribution in [-0.2, 0) is 14.8 Å². The number of anilines is 2. The fourth-order valence-corrected chi connectivity index (χ4v) is 3.45. The second kappa shape index (κ2) is 7.97. The first kappa shape index (κ1) is 20.1. The molecule has 0 aliphatic rings. The first-order valence-electron chi connectivity index (χ1n) is 7.80. The Morgan fingerprint density at radius 1 is 1.23 bits per heavy atom. The summed E-state index contributed by atoms with van der Waals surface area (Å²) in [6, 6.07) is 10.4. The van der Waals surface area contributed by atoms with Crippen LogP contribution in [0.5, 0.6) is 5.75 Å². The van der Waals surface area contributed by atoms with Gasteiger partial charge in [-0.25, -0.2) is 8.42 Å². The Bertz CT molecular complexity index is 929. The van der Waals surface area contributed by atoms with Crippen molar-refractivity contribution in [1.82, 2.24) is 0 Å². The van der Waals surface area contributed by atoms with Gasteiger partial charge in [0.05, 0.1) is 19.1 Å². The van der Waals surface area contributed by atoms with E-state index >= 15 is 0 Å². The normalized spacial score (nSPS) is 11.1. The monoisotopic (exact) mass is 396 g/mol. The number of ether oxygens (including phenoxy) is 1. The van der Waals surface area contributed by atoms with Crippen molar-refractivity contribution in [2.45, 2.75) is 13.8 Å². The van der Waals surface area contributed by atoms with Crippen LogP contribution in [-0.4, -0.2) is 34.2 Å². The minimum atomic E-state index is -3.73. The largest absolute Gasteiger partial charge is 0.494 e. The standard InChI is InChI=1S/C18H21ClN2O4S/c1-12-6-5-7-14(8-12)20-18(22)11-21(26(4,23)24)16-9-13(2)15(19)10-17(16)25-3/h5-10H,11H2,1-4H3,(H,20,22). The van der Waals surface area contributed by atoms with E-state index in [0.29, 0.717) is 16.3 Å². The summed E-state index contributed by atoms with van der Waals surface area (Å²) >= 11 is 6.08. The molecule has 8 heteroatoms. The van der Waals surface area contributed by atoms with Gasteiger partial charge in [-0.3, -0.25) is 9.10 Å². The molecule has 26 heavy (non-hydrogen) atoms. The third-order valence-electron chi connectivity index (χ3n) is 3.72. The SMILES string of the molecule is COc1cc(Cl)c(C)cc1N(CC(=O)Nc1cccc(C)c1)S(C)(=O)=O. The molecular formula is C18H21ClN2O4S. The zero-order valence-electron chi connectivity index (χ0n) is 15.0. The second-order valence-electron chi connectivity index (χ2n) is 5.96. The van der Waals surface area contributed by atoms with Crippen LogP contribution >= 0.6 is 11.6 Å². The van der Waals surface area contributed by atoms with E-state index < -0.39 is 15.9 Å². The van der Waals surface area contributed by atoms with Gasteiger partial charge < -0.3 is 10.1 Å². The van der Waals surface area contributed by atoms with Crippen molar-refractivity contribution in [1.29, 1.82) is 0 Å². The highest BCUT2D eigenvalue weighted by Gasteiger charge is 2.25. The Kier molecular flexibility index (Phi) is 6.15. The summed E-state index contributed by atoms with van der Waals surface area (Å²) in [4.78, 5) is 12.4. The number of benzene rings is 2. The number of aryl methyl sites for hydroxylation is 2. The van der Waals surface area contributed by atoms with Crippen molar-refractivity contribution >= 4 is 38.9 Å². The molecule has 0 bridgehead atoms. The molecule has 0 aliphatic carbocycles. The summed E-state index contributed by atoms with van der Waals surface area (Å²) in [6.07, 6.45) is 1.04. The molecule has 2 aromatic rings. The maximum atomic E-state index is 12.4. The third-order valence-corrected chi connectivity index (χ3v) is 5.25. The van der Waals surface area contributed by atoms with Crippen LogP contribution in [0.1, 0.15) is 11.1 Å². The Balaban J connectivity index is 2.35. The number of methoxy groups -OCH3 is 1. The van der Waals surface area contributed by atoms with Crippen LogP contribution in [0.25, 0.3) is 0 Å². The number of nitrogens with zero attached hydrogens (tertiary/aromatic N) is 1. The van der Waals surface area contributed by atoms with Crippen molar-refractivity contribution in [3.05, 3.63) is 52.5 Å². The number of nitrogens with one attached hydrogen (secondary N) is 1. The highest BCUT2D eigenvalue weighted by atomic mass is 35.5. The molecule has 0 aromatic heterocycles. The number of halogens is 1. The number of carbonyl (C=O) groups is 1. The lowest BCUT2D eigenvalue weighted by molar-refractivity contribution is -0.114. The van der Waals surface area contributed by atoms with E-state index in [9.17, 15) is 13.2 Å². The quantitative estimate of drug-likeness (QED) is 0.812. The van der Waals surface area contributed by atoms with E-state index in [4.69, 9.17) is 16.3 Å². The van der Waals surface area contributed by atoms with Gasteiger partial charge in [0.2, 0.25) is 15.9 Å². The summed E-state index contributed by atoms with van der Waals surface area (Å²) in [5.74, 6) is -0.190. The number of amides is 1. The van der Waals surface area contributed by atoms with Gasteiger partial charge in [0.25, 0.3) is 0 Å². The molecule has 140 valence electrons. The fraction of sp³-hybridized carbons (Fsp3) is 0.278. The summed E-state index contributed by atoms with van der Waals surface area (Å²) in [5, 5.41) is 3.15. The van der Waals surface area contributed by atoms with Crippen molar-refractivity contribution in [3.63, 3.8) is 0 Å². The highest BCUT2D eigenvalue weighted by molar-refractivity contribution is 7.92. The molecule has 6 nitrogen and oxygen atoms in total. The first-order chi connectivity index (χ1) is 12.1. The fourth-order valence-electron chi connectivity index (χ4n) is 2.44. The van der Waals surface area contributed by atoms with Gasteiger partial charge in [-0.1, -0.05) is 23.7 Å². The second-order valence-corrected chi connectivity index (χ2v) is 8.27. The summed E-state index contributed by atoms with van der Waals surface area (Å²) in [5.41, 5.74) is 2.52. The first-order valence-corrected chi connectivity index (χ1v) is 10.0. The summed E-state index contributed by atoms with van der Waals surface area (Å²) < 4.78 is 30.8. The third kappa shape index (κ3) is 4.89. The van der Waals surface area contributed by atoms with Gasteiger partial charge in [-0.15, -0.1) is 0 Å². The molecule has 1 amide bonds. The molecule has 0 heterocycles. The zero-order valence-corrected chi connectivity index (χ0v) is 16.6. The molecule has 0 saturated heterocycles. The lowest BCUT2D eigenvalue weighted by Crippen LogP contribution is -2.37. The maximum Gasteiger partial charge on any atom is 0.245 e. The van der Waals surface area contributed by atoms with Crippen molar-refractivity contribution < 1.29 is 17.9 Å². The van der Waals surface area contributed by atoms with Gasteiger partial charge in [0, 0.05) is 16.8 Å². The average molecular weight is 397 g/mol. The van der Waals surface area contributed by atoms with Gasteiger partial charge >= 0.3 is 0 Å². The van der Waals surface area contributed by atoms with Gasteiger partial charge in [-0.2, -0.15) is 0 Å².